The average Bonchev–Trinajstić information content (AvgIpc) is 2.40. The van der Waals surface area contributed by atoms with Crippen molar-refractivity contribution in [3.05, 3.63) is 53.9 Å². The van der Waals surface area contributed by atoms with Gasteiger partial charge in [0.15, 0.2) is 11.6 Å². The van der Waals surface area contributed by atoms with Crippen LogP contribution in [0.2, 0.25) is 0 Å². The summed E-state index contributed by atoms with van der Waals surface area (Å²) in [4.78, 5) is 3.52. The minimum atomic E-state index is -3.87. The lowest BCUT2D eigenvalue weighted by atomic mass is 10.2. The molecule has 0 amide bonds. The van der Waals surface area contributed by atoms with Crippen LogP contribution in [0.25, 0.3) is 0 Å². The summed E-state index contributed by atoms with van der Waals surface area (Å²) in [6.07, 6.45) is 2.48. The van der Waals surface area contributed by atoms with Gasteiger partial charge >= 0.3 is 0 Å². The predicted molar refractivity (Wildman–Crippen MR) is 69.0 cm³/mol. The smallest absolute Gasteiger partial charge is 0.244 e. The van der Waals surface area contributed by atoms with Gasteiger partial charge in [-0.15, -0.1) is 0 Å². The number of sulfonamides is 1. The van der Waals surface area contributed by atoms with Crippen LogP contribution in [0.5, 0.6) is 0 Å². The van der Waals surface area contributed by atoms with Crippen molar-refractivity contribution in [2.24, 2.45) is 0 Å². The average molecular weight is 299 g/mol. The molecule has 2 rings (SSSR count). The van der Waals surface area contributed by atoms with Crippen molar-refractivity contribution < 1.29 is 17.2 Å². The third-order valence-corrected chi connectivity index (χ3v) is 4.00. The molecule has 0 aliphatic heterocycles. The van der Waals surface area contributed by atoms with E-state index < -0.39 is 21.7 Å². The molecule has 0 atom stereocenters. The Bertz CT molecular complexity index is 735. The van der Waals surface area contributed by atoms with Gasteiger partial charge in [0.2, 0.25) is 10.0 Å². The van der Waals surface area contributed by atoms with Gasteiger partial charge in [-0.2, -0.15) is 0 Å². The van der Waals surface area contributed by atoms with Gasteiger partial charge in [0, 0.05) is 18.9 Å². The van der Waals surface area contributed by atoms with Crippen LogP contribution in [0.1, 0.15) is 5.56 Å². The van der Waals surface area contributed by atoms with Crippen molar-refractivity contribution in [1.29, 1.82) is 0 Å². The minimum Gasteiger partial charge on any atom is -0.398 e. The highest BCUT2D eigenvalue weighted by molar-refractivity contribution is 7.89. The number of anilines is 1. The Morgan fingerprint density at radius 3 is 2.60 bits per heavy atom. The maximum atomic E-state index is 13.0. The Labute approximate surface area is 114 Å². The zero-order valence-corrected chi connectivity index (χ0v) is 11.0. The molecule has 5 nitrogen and oxygen atoms in total. The fourth-order valence-corrected chi connectivity index (χ4v) is 2.61. The second kappa shape index (κ2) is 5.51. The Kier molecular flexibility index (Phi) is 3.96. The standard InChI is InChI=1S/C12H11F2N3O2S/c13-9-2-1-8(5-10(9)14)6-17-20(18,19)12-7-16-4-3-11(12)15/h1-5,7,17H,6H2,(H2,15,16). The molecule has 0 unspecified atom stereocenters. The molecule has 0 aliphatic rings. The molecule has 0 spiro atoms. The van der Waals surface area contributed by atoms with E-state index >= 15 is 0 Å². The number of nitrogens with one attached hydrogen (secondary N) is 1. The molecule has 20 heavy (non-hydrogen) atoms. The summed E-state index contributed by atoms with van der Waals surface area (Å²) >= 11 is 0. The van der Waals surface area contributed by atoms with Crippen LogP contribution in [-0.2, 0) is 16.6 Å². The highest BCUT2D eigenvalue weighted by Gasteiger charge is 2.17. The molecule has 0 fully saturated rings. The second-order valence-corrected chi connectivity index (χ2v) is 5.72. The van der Waals surface area contributed by atoms with Crippen molar-refractivity contribution in [1.82, 2.24) is 9.71 Å². The fourth-order valence-electron chi connectivity index (χ4n) is 1.52. The molecule has 0 saturated carbocycles. The van der Waals surface area contributed by atoms with Gasteiger partial charge in [0.1, 0.15) is 4.90 Å². The third-order valence-electron chi connectivity index (χ3n) is 2.56. The summed E-state index contributed by atoms with van der Waals surface area (Å²) in [5.41, 5.74) is 5.89. The first kappa shape index (κ1) is 14.4. The Hall–Kier alpha value is -2.06. The SMILES string of the molecule is Nc1ccncc1S(=O)(=O)NCc1ccc(F)c(F)c1. The van der Waals surface area contributed by atoms with Crippen molar-refractivity contribution in [2.75, 3.05) is 5.73 Å². The van der Waals surface area contributed by atoms with Crippen molar-refractivity contribution in [3.8, 4) is 0 Å². The first-order chi connectivity index (χ1) is 9.40. The molecule has 8 heteroatoms. The molecule has 0 bridgehead atoms. The van der Waals surface area contributed by atoms with Crippen LogP contribution in [0, 0.1) is 11.6 Å². The number of halogens is 2. The largest absolute Gasteiger partial charge is 0.398 e. The number of aromatic nitrogens is 1. The first-order valence-electron chi connectivity index (χ1n) is 5.53. The summed E-state index contributed by atoms with van der Waals surface area (Å²) in [6.45, 7) is -0.187. The van der Waals surface area contributed by atoms with Gasteiger partial charge in [-0.3, -0.25) is 4.98 Å². The van der Waals surface area contributed by atoms with E-state index in [9.17, 15) is 17.2 Å². The number of nitrogens with zero attached hydrogens (tertiary/aromatic N) is 1. The topological polar surface area (TPSA) is 85.1 Å². The predicted octanol–water partition coefficient (Wildman–Crippen LogP) is 1.42. The van der Waals surface area contributed by atoms with Crippen LogP contribution in [-0.4, -0.2) is 13.4 Å². The molecule has 3 N–H and O–H groups in total. The Morgan fingerprint density at radius 1 is 1.20 bits per heavy atom. The summed E-state index contributed by atoms with van der Waals surface area (Å²) in [5.74, 6) is -2.03. The number of hydrogen-bond acceptors (Lipinski definition) is 4. The van der Waals surface area contributed by atoms with E-state index in [0.717, 1.165) is 18.3 Å². The molecular weight excluding hydrogens is 288 g/mol. The molecule has 0 aliphatic carbocycles. The highest BCUT2D eigenvalue weighted by atomic mass is 32.2. The summed E-state index contributed by atoms with van der Waals surface area (Å²) in [7, 11) is -3.87. The molecule has 106 valence electrons. The van der Waals surface area contributed by atoms with Gasteiger partial charge in [0.05, 0.1) is 5.69 Å². The molecule has 1 aromatic carbocycles. The zero-order valence-electron chi connectivity index (χ0n) is 10.2. The summed E-state index contributed by atoms with van der Waals surface area (Å²) < 4.78 is 52.0. The fraction of sp³-hybridized carbons (Fsp3) is 0.0833. The lowest BCUT2D eigenvalue weighted by Crippen LogP contribution is -2.24. The van der Waals surface area contributed by atoms with E-state index in [2.05, 4.69) is 9.71 Å². The zero-order chi connectivity index (χ0) is 14.8. The van der Waals surface area contributed by atoms with E-state index in [1.807, 2.05) is 0 Å². The van der Waals surface area contributed by atoms with Gasteiger partial charge in [0.25, 0.3) is 0 Å². The molecule has 1 aromatic heterocycles. The number of nitrogen functional groups attached to an aromatic ring is 1. The minimum absolute atomic E-state index is 0.0535. The Morgan fingerprint density at radius 2 is 1.95 bits per heavy atom. The van der Waals surface area contributed by atoms with E-state index in [-0.39, 0.29) is 22.7 Å². The quantitative estimate of drug-likeness (QED) is 0.894. The summed E-state index contributed by atoms with van der Waals surface area (Å²) in [5, 5.41) is 0. The molecule has 2 aromatic rings. The van der Waals surface area contributed by atoms with Crippen molar-refractivity contribution >= 4 is 15.7 Å². The maximum absolute atomic E-state index is 13.0. The number of nitrogens with two attached hydrogens (primary N) is 1. The van der Waals surface area contributed by atoms with E-state index in [1.54, 1.807) is 0 Å². The highest BCUT2D eigenvalue weighted by Crippen LogP contribution is 2.16. The number of pyridine rings is 1. The second-order valence-electron chi connectivity index (χ2n) is 3.99. The number of hydrogen-bond donors (Lipinski definition) is 2. The Balaban J connectivity index is 2.17. The lowest BCUT2D eigenvalue weighted by Gasteiger charge is -2.08. The van der Waals surface area contributed by atoms with Gasteiger partial charge in [-0.1, -0.05) is 6.07 Å². The van der Waals surface area contributed by atoms with Gasteiger partial charge in [-0.25, -0.2) is 21.9 Å². The lowest BCUT2D eigenvalue weighted by molar-refractivity contribution is 0.506. The van der Waals surface area contributed by atoms with Gasteiger partial charge in [-0.05, 0) is 23.8 Å². The first-order valence-corrected chi connectivity index (χ1v) is 7.01. The monoisotopic (exact) mass is 299 g/mol. The molecule has 1 heterocycles. The normalized spacial score (nSPS) is 11.5. The third kappa shape index (κ3) is 3.09. The van der Waals surface area contributed by atoms with Crippen molar-refractivity contribution in [3.63, 3.8) is 0 Å². The van der Waals surface area contributed by atoms with Crippen LogP contribution in [0.3, 0.4) is 0 Å². The van der Waals surface area contributed by atoms with Crippen LogP contribution in [0.15, 0.2) is 41.6 Å². The summed E-state index contributed by atoms with van der Waals surface area (Å²) in [6, 6.07) is 4.49. The number of benzene rings is 1. The van der Waals surface area contributed by atoms with Crippen LogP contribution < -0.4 is 10.5 Å². The van der Waals surface area contributed by atoms with Crippen LogP contribution in [0.4, 0.5) is 14.5 Å². The number of rotatable bonds is 4. The van der Waals surface area contributed by atoms with E-state index in [0.29, 0.717) is 0 Å². The van der Waals surface area contributed by atoms with Crippen LogP contribution >= 0.6 is 0 Å². The van der Waals surface area contributed by atoms with Crippen molar-refractivity contribution in [2.45, 2.75) is 11.4 Å². The van der Waals surface area contributed by atoms with E-state index in [4.69, 9.17) is 5.73 Å². The molecule has 0 saturated heterocycles. The molecular formula is C12H11F2N3O2S. The van der Waals surface area contributed by atoms with E-state index in [1.165, 1.54) is 18.3 Å². The molecule has 0 radical (unpaired) electrons. The maximum Gasteiger partial charge on any atom is 0.244 e. The van der Waals surface area contributed by atoms with Gasteiger partial charge < -0.3 is 5.73 Å².